The van der Waals surface area contributed by atoms with Crippen molar-refractivity contribution in [2.45, 2.75) is 32.0 Å². The molecule has 7 nitrogen and oxygen atoms in total. The van der Waals surface area contributed by atoms with Crippen molar-refractivity contribution in [1.82, 2.24) is 0 Å². The Morgan fingerprint density at radius 3 is 2.38 bits per heavy atom. The molecule has 2 heterocycles. The van der Waals surface area contributed by atoms with Crippen molar-refractivity contribution in [3.63, 3.8) is 0 Å². The molecule has 2 aromatic rings. The first-order valence-electron chi connectivity index (χ1n) is 11.2. The molecule has 10 heteroatoms. The summed E-state index contributed by atoms with van der Waals surface area (Å²) < 4.78 is 45.3. The Kier molecular flexibility index (Phi) is 6.97. The first-order chi connectivity index (χ1) is 16.2. The maximum atomic E-state index is 13.3. The van der Waals surface area contributed by atoms with E-state index in [-0.39, 0.29) is 11.6 Å². The van der Waals surface area contributed by atoms with Gasteiger partial charge in [0.2, 0.25) is 11.8 Å². The van der Waals surface area contributed by atoms with Gasteiger partial charge in [0.15, 0.2) is 0 Å². The summed E-state index contributed by atoms with van der Waals surface area (Å²) in [5.41, 5.74) is 1.27. The number of morpholine rings is 1. The highest BCUT2D eigenvalue weighted by Gasteiger charge is 2.32. The van der Waals surface area contributed by atoms with Crippen LogP contribution in [-0.2, 0) is 20.5 Å². The van der Waals surface area contributed by atoms with E-state index in [1.807, 2.05) is 4.90 Å². The highest BCUT2D eigenvalue weighted by Crippen LogP contribution is 2.36. The third-order valence-corrected chi connectivity index (χ3v) is 5.96. The summed E-state index contributed by atoms with van der Waals surface area (Å²) >= 11 is 0. The van der Waals surface area contributed by atoms with Crippen molar-refractivity contribution in [2.24, 2.45) is 0 Å². The number of nitrogens with zero attached hydrogens (tertiary/aromatic N) is 2. The molecule has 0 unspecified atom stereocenters. The molecule has 2 N–H and O–H groups in total. The first kappa shape index (κ1) is 23.9. The topological polar surface area (TPSA) is 73.9 Å². The molecule has 2 aliphatic rings. The number of amides is 2. The van der Waals surface area contributed by atoms with Gasteiger partial charge in [-0.1, -0.05) is 0 Å². The van der Waals surface area contributed by atoms with Gasteiger partial charge in [0, 0.05) is 37.4 Å². The molecule has 0 radical (unpaired) electrons. The van der Waals surface area contributed by atoms with Crippen LogP contribution in [0.5, 0.6) is 0 Å². The predicted molar refractivity (Wildman–Crippen MR) is 124 cm³/mol. The molecule has 1 atom stereocenters. The Hall–Kier alpha value is -3.27. The lowest BCUT2D eigenvalue weighted by molar-refractivity contribution is -0.137. The van der Waals surface area contributed by atoms with Crippen molar-refractivity contribution < 1.29 is 27.5 Å². The lowest BCUT2D eigenvalue weighted by atomic mass is 10.1. The van der Waals surface area contributed by atoms with E-state index in [2.05, 4.69) is 10.6 Å². The van der Waals surface area contributed by atoms with Crippen LogP contribution < -0.4 is 20.4 Å². The average molecular weight is 476 g/mol. The van der Waals surface area contributed by atoms with Gasteiger partial charge in [0.25, 0.3) is 0 Å². The zero-order valence-corrected chi connectivity index (χ0v) is 18.8. The number of carbonyl (C=O) groups is 2. The SMILES string of the molecule is C[C@H](Nc1ccc(N2CCCC2=O)cc1)C(=O)Nc1cc(C(F)(F)F)ccc1N1CCOCC1. The summed E-state index contributed by atoms with van der Waals surface area (Å²) in [6, 6.07) is 9.82. The fourth-order valence-electron chi connectivity index (χ4n) is 4.11. The minimum Gasteiger partial charge on any atom is -0.378 e. The van der Waals surface area contributed by atoms with E-state index in [0.717, 1.165) is 24.2 Å². The molecule has 0 bridgehead atoms. The lowest BCUT2D eigenvalue weighted by Crippen LogP contribution is -2.37. The van der Waals surface area contributed by atoms with E-state index in [1.54, 1.807) is 36.1 Å². The highest BCUT2D eigenvalue weighted by atomic mass is 19.4. The number of hydrogen-bond donors (Lipinski definition) is 2. The summed E-state index contributed by atoms with van der Waals surface area (Å²) in [6.45, 7) is 4.29. The minimum absolute atomic E-state index is 0.0885. The van der Waals surface area contributed by atoms with E-state index in [9.17, 15) is 22.8 Å². The fraction of sp³-hybridized carbons (Fsp3) is 0.417. The minimum atomic E-state index is -4.52. The molecule has 0 spiro atoms. The summed E-state index contributed by atoms with van der Waals surface area (Å²) in [5, 5.41) is 5.73. The number of nitrogens with one attached hydrogen (secondary N) is 2. The third-order valence-electron chi connectivity index (χ3n) is 5.96. The van der Waals surface area contributed by atoms with Crippen LogP contribution in [0.25, 0.3) is 0 Å². The van der Waals surface area contributed by atoms with Gasteiger partial charge in [-0.25, -0.2) is 0 Å². The molecule has 2 amide bonds. The Bertz CT molecular complexity index is 1040. The van der Waals surface area contributed by atoms with Gasteiger partial charge < -0.3 is 25.2 Å². The van der Waals surface area contributed by atoms with Crippen LogP contribution in [0.4, 0.5) is 35.9 Å². The standard InChI is InChI=1S/C24H27F3N4O3/c1-16(28-18-5-7-19(8-6-18)31-10-2-3-22(31)32)23(33)29-20-15-17(24(25,26)27)4-9-21(20)30-11-13-34-14-12-30/h4-9,15-16,28H,2-3,10-14H2,1H3,(H,29,33)/t16-/m0/s1. The number of benzene rings is 2. The van der Waals surface area contributed by atoms with Crippen molar-refractivity contribution in [2.75, 3.05) is 53.3 Å². The van der Waals surface area contributed by atoms with Crippen LogP contribution in [0.1, 0.15) is 25.3 Å². The Balaban J connectivity index is 1.47. The molecule has 0 aromatic heterocycles. The maximum absolute atomic E-state index is 13.3. The van der Waals surface area contributed by atoms with Crippen LogP contribution >= 0.6 is 0 Å². The molecule has 2 aliphatic heterocycles. The highest BCUT2D eigenvalue weighted by molar-refractivity contribution is 5.99. The number of halogens is 3. The van der Waals surface area contributed by atoms with Crippen LogP contribution in [0.15, 0.2) is 42.5 Å². The van der Waals surface area contributed by atoms with E-state index >= 15 is 0 Å². The van der Waals surface area contributed by atoms with E-state index in [4.69, 9.17) is 4.74 Å². The molecule has 4 rings (SSSR count). The summed E-state index contributed by atoms with van der Waals surface area (Å²) in [7, 11) is 0. The molecule has 2 saturated heterocycles. The van der Waals surface area contributed by atoms with Crippen molar-refractivity contribution in [1.29, 1.82) is 0 Å². The first-order valence-corrected chi connectivity index (χ1v) is 11.2. The molecule has 0 aliphatic carbocycles. The molecular formula is C24H27F3N4O3. The van der Waals surface area contributed by atoms with Crippen LogP contribution in [0.2, 0.25) is 0 Å². The number of rotatable bonds is 6. The lowest BCUT2D eigenvalue weighted by Gasteiger charge is -2.31. The van der Waals surface area contributed by atoms with Gasteiger partial charge in [-0.15, -0.1) is 0 Å². The predicted octanol–water partition coefficient (Wildman–Crippen LogP) is 4.11. The van der Waals surface area contributed by atoms with E-state index in [0.29, 0.717) is 50.6 Å². The average Bonchev–Trinajstić information content (AvgIpc) is 3.25. The van der Waals surface area contributed by atoms with E-state index < -0.39 is 23.7 Å². The molecule has 182 valence electrons. The Labute approximate surface area is 195 Å². The number of carbonyl (C=O) groups excluding carboxylic acids is 2. The van der Waals surface area contributed by atoms with Gasteiger partial charge in [0.1, 0.15) is 6.04 Å². The Morgan fingerprint density at radius 1 is 1.06 bits per heavy atom. The van der Waals surface area contributed by atoms with Crippen molar-refractivity contribution in [3.05, 3.63) is 48.0 Å². The van der Waals surface area contributed by atoms with Crippen molar-refractivity contribution in [3.8, 4) is 0 Å². The van der Waals surface area contributed by atoms with Crippen LogP contribution in [0, 0.1) is 0 Å². The van der Waals surface area contributed by atoms with Gasteiger partial charge in [-0.05, 0) is 55.8 Å². The van der Waals surface area contributed by atoms with Crippen molar-refractivity contribution >= 4 is 34.6 Å². The number of ether oxygens (including phenoxy) is 1. The fourth-order valence-corrected chi connectivity index (χ4v) is 4.11. The number of hydrogen-bond acceptors (Lipinski definition) is 5. The summed E-state index contributed by atoms with van der Waals surface area (Å²) in [6.07, 6.45) is -3.15. The van der Waals surface area contributed by atoms with Gasteiger partial charge in [-0.3, -0.25) is 9.59 Å². The van der Waals surface area contributed by atoms with Crippen LogP contribution in [0.3, 0.4) is 0 Å². The molecule has 2 fully saturated rings. The molecular weight excluding hydrogens is 449 g/mol. The molecule has 0 saturated carbocycles. The maximum Gasteiger partial charge on any atom is 0.416 e. The smallest absolute Gasteiger partial charge is 0.378 e. The zero-order valence-electron chi connectivity index (χ0n) is 18.8. The zero-order chi connectivity index (χ0) is 24.3. The third kappa shape index (κ3) is 5.44. The second-order valence-electron chi connectivity index (χ2n) is 8.38. The van der Waals surface area contributed by atoms with Gasteiger partial charge in [0.05, 0.1) is 30.2 Å². The Morgan fingerprint density at radius 2 is 1.76 bits per heavy atom. The second-order valence-corrected chi connectivity index (χ2v) is 8.38. The largest absolute Gasteiger partial charge is 0.416 e. The summed E-state index contributed by atoms with van der Waals surface area (Å²) in [5.74, 6) is -0.377. The van der Waals surface area contributed by atoms with Crippen LogP contribution in [-0.4, -0.2) is 50.7 Å². The van der Waals surface area contributed by atoms with Gasteiger partial charge >= 0.3 is 6.18 Å². The molecule has 2 aromatic carbocycles. The van der Waals surface area contributed by atoms with E-state index in [1.165, 1.54) is 6.07 Å². The quantitative estimate of drug-likeness (QED) is 0.657. The monoisotopic (exact) mass is 476 g/mol. The second kappa shape index (κ2) is 9.92. The normalized spacial score (nSPS) is 17.6. The molecule has 34 heavy (non-hydrogen) atoms. The van der Waals surface area contributed by atoms with Gasteiger partial charge in [-0.2, -0.15) is 13.2 Å². The number of alkyl halides is 3. The number of anilines is 4. The summed E-state index contributed by atoms with van der Waals surface area (Å²) in [4.78, 5) is 28.4.